The molecule has 4 heteroatoms. The van der Waals surface area contributed by atoms with Crippen LogP contribution in [0.1, 0.15) is 5.76 Å². The monoisotopic (exact) mass is 138 g/mol. The molecule has 0 amide bonds. The Kier molecular flexibility index (Phi) is 1.53. The smallest absolute Gasteiger partial charge is 0.401 e. The van der Waals surface area contributed by atoms with Gasteiger partial charge in [-0.15, -0.1) is 0 Å². The Labute approximate surface area is 56.9 Å². The van der Waals surface area contributed by atoms with Crippen molar-refractivity contribution in [2.75, 3.05) is 0 Å². The van der Waals surface area contributed by atoms with Crippen LogP contribution in [0.3, 0.4) is 0 Å². The number of nitro groups is 1. The molecule has 0 aliphatic carbocycles. The van der Waals surface area contributed by atoms with Crippen LogP contribution in [-0.2, 0) is 0 Å². The van der Waals surface area contributed by atoms with E-state index in [4.69, 9.17) is 0 Å². The van der Waals surface area contributed by atoms with E-state index in [1.54, 1.807) is 0 Å². The van der Waals surface area contributed by atoms with E-state index in [0.29, 0.717) is 0 Å². The molecular weight excluding hydrogens is 134 g/mol. The van der Waals surface area contributed by atoms with Gasteiger partial charge in [0.2, 0.25) is 0 Å². The van der Waals surface area contributed by atoms with Gasteiger partial charge in [-0.3, -0.25) is 10.1 Å². The SMILES string of the molecule is C=[C]c1ccc([N+](=O)[O-])o1. The lowest BCUT2D eigenvalue weighted by Gasteiger charge is -1.80. The van der Waals surface area contributed by atoms with Crippen LogP contribution in [0.4, 0.5) is 5.88 Å². The molecule has 1 aromatic rings. The third-order valence-corrected chi connectivity index (χ3v) is 0.946. The lowest BCUT2D eigenvalue weighted by atomic mass is 10.4. The van der Waals surface area contributed by atoms with Crippen LogP contribution < -0.4 is 0 Å². The summed E-state index contributed by atoms with van der Waals surface area (Å²) >= 11 is 0. The van der Waals surface area contributed by atoms with E-state index in [1.807, 2.05) is 0 Å². The molecule has 51 valence electrons. The van der Waals surface area contributed by atoms with Crippen LogP contribution in [0.2, 0.25) is 0 Å². The molecule has 0 fully saturated rings. The lowest BCUT2D eigenvalue weighted by molar-refractivity contribution is -0.402. The minimum atomic E-state index is -0.610. The maximum atomic E-state index is 9.99. The highest BCUT2D eigenvalue weighted by Crippen LogP contribution is 2.14. The van der Waals surface area contributed by atoms with Gasteiger partial charge in [-0.25, -0.2) is 0 Å². The van der Waals surface area contributed by atoms with Crippen LogP contribution in [0.5, 0.6) is 0 Å². The Morgan fingerprint density at radius 2 is 2.40 bits per heavy atom. The van der Waals surface area contributed by atoms with E-state index in [9.17, 15) is 10.1 Å². The zero-order valence-corrected chi connectivity index (χ0v) is 5.03. The minimum Gasteiger partial charge on any atom is -0.401 e. The van der Waals surface area contributed by atoms with Gasteiger partial charge in [0.15, 0.2) is 0 Å². The molecule has 1 heterocycles. The Morgan fingerprint density at radius 3 is 2.70 bits per heavy atom. The summed E-state index contributed by atoms with van der Waals surface area (Å²) in [5.74, 6) is -0.00199. The van der Waals surface area contributed by atoms with E-state index in [1.165, 1.54) is 12.1 Å². The third kappa shape index (κ3) is 1.05. The standard InChI is InChI=1S/C6H4NO3/c1-2-5-3-4-6(10-5)7(8)9/h3-4H,1H2. The molecule has 0 saturated heterocycles. The van der Waals surface area contributed by atoms with Crippen LogP contribution in [0.15, 0.2) is 23.1 Å². The predicted molar refractivity (Wildman–Crippen MR) is 33.3 cm³/mol. The van der Waals surface area contributed by atoms with Crippen LogP contribution in [0.25, 0.3) is 0 Å². The number of rotatable bonds is 2. The summed E-state index contributed by atoms with van der Waals surface area (Å²) in [7, 11) is 0. The topological polar surface area (TPSA) is 56.3 Å². The molecule has 1 radical (unpaired) electrons. The van der Waals surface area contributed by atoms with Crippen molar-refractivity contribution in [2.24, 2.45) is 0 Å². The first kappa shape index (κ1) is 6.54. The second kappa shape index (κ2) is 2.34. The fourth-order valence-corrected chi connectivity index (χ4v) is 0.521. The molecule has 0 aromatic carbocycles. The predicted octanol–water partition coefficient (Wildman–Crippen LogP) is 1.53. The summed E-state index contributed by atoms with van der Waals surface area (Å²) < 4.78 is 4.62. The van der Waals surface area contributed by atoms with Crippen LogP contribution in [-0.4, -0.2) is 4.92 Å². The summed E-state index contributed by atoms with van der Waals surface area (Å²) in [5, 5.41) is 9.99. The highest BCUT2D eigenvalue weighted by molar-refractivity contribution is 5.20. The summed E-state index contributed by atoms with van der Waals surface area (Å²) in [6, 6.07) is 2.69. The van der Waals surface area contributed by atoms with Crippen molar-refractivity contribution >= 4 is 5.88 Å². The zero-order chi connectivity index (χ0) is 7.56. The highest BCUT2D eigenvalue weighted by Gasteiger charge is 2.09. The summed E-state index contributed by atoms with van der Waals surface area (Å²) in [4.78, 5) is 9.38. The lowest BCUT2D eigenvalue weighted by Crippen LogP contribution is -1.82. The number of hydrogen-bond donors (Lipinski definition) is 0. The van der Waals surface area contributed by atoms with Crippen molar-refractivity contribution in [3.8, 4) is 0 Å². The molecule has 0 atom stereocenters. The first-order valence-corrected chi connectivity index (χ1v) is 2.51. The third-order valence-electron chi connectivity index (χ3n) is 0.946. The first-order chi connectivity index (χ1) is 4.74. The molecule has 0 saturated carbocycles. The maximum absolute atomic E-state index is 9.99. The highest BCUT2D eigenvalue weighted by atomic mass is 16.6. The molecule has 10 heavy (non-hydrogen) atoms. The van der Waals surface area contributed by atoms with Crippen LogP contribution >= 0.6 is 0 Å². The second-order valence-electron chi connectivity index (χ2n) is 1.57. The molecular formula is C6H4NO3. The van der Waals surface area contributed by atoms with Gasteiger partial charge in [0, 0.05) is 6.08 Å². The van der Waals surface area contributed by atoms with Crippen LogP contribution in [0, 0.1) is 16.2 Å². The fourth-order valence-electron chi connectivity index (χ4n) is 0.521. The Balaban J connectivity index is 2.98. The molecule has 0 unspecified atom stereocenters. The summed E-state index contributed by atoms with van der Waals surface area (Å²) in [6.07, 6.45) is 2.38. The van der Waals surface area contributed by atoms with Gasteiger partial charge in [0.25, 0.3) is 0 Å². The molecule has 4 nitrogen and oxygen atoms in total. The van der Waals surface area contributed by atoms with Gasteiger partial charge >= 0.3 is 5.88 Å². The van der Waals surface area contributed by atoms with Gasteiger partial charge in [-0.1, -0.05) is 6.58 Å². The number of hydrogen-bond acceptors (Lipinski definition) is 3. The first-order valence-electron chi connectivity index (χ1n) is 2.51. The van der Waals surface area contributed by atoms with Crippen molar-refractivity contribution in [3.63, 3.8) is 0 Å². The van der Waals surface area contributed by atoms with Gasteiger partial charge in [0.1, 0.15) is 10.7 Å². The van der Waals surface area contributed by atoms with Crippen molar-refractivity contribution < 1.29 is 9.34 Å². The molecule has 1 aromatic heterocycles. The van der Waals surface area contributed by atoms with Gasteiger partial charge in [-0.2, -0.15) is 0 Å². The normalized spacial score (nSPS) is 9.20. The maximum Gasteiger partial charge on any atom is 0.433 e. The van der Waals surface area contributed by atoms with Crippen molar-refractivity contribution in [2.45, 2.75) is 0 Å². The van der Waals surface area contributed by atoms with E-state index < -0.39 is 4.92 Å². The van der Waals surface area contributed by atoms with E-state index >= 15 is 0 Å². The number of furan rings is 1. The van der Waals surface area contributed by atoms with E-state index in [-0.39, 0.29) is 11.6 Å². The largest absolute Gasteiger partial charge is 0.433 e. The van der Waals surface area contributed by atoms with Crippen molar-refractivity contribution in [1.82, 2.24) is 0 Å². The minimum absolute atomic E-state index is 0.284. The summed E-state index contributed by atoms with van der Waals surface area (Å²) in [5.41, 5.74) is 0. The molecule has 0 spiro atoms. The van der Waals surface area contributed by atoms with E-state index in [2.05, 4.69) is 17.1 Å². The molecule has 0 bridgehead atoms. The Hall–Kier alpha value is -1.58. The Bertz CT molecular complexity index is 264. The molecule has 0 aliphatic heterocycles. The van der Waals surface area contributed by atoms with Gasteiger partial charge < -0.3 is 4.42 Å². The molecule has 0 N–H and O–H groups in total. The summed E-state index contributed by atoms with van der Waals surface area (Å²) in [6.45, 7) is 3.26. The number of nitrogens with zero attached hydrogens (tertiary/aromatic N) is 1. The second-order valence-corrected chi connectivity index (χ2v) is 1.57. The average molecular weight is 138 g/mol. The Morgan fingerprint density at radius 1 is 1.70 bits per heavy atom. The van der Waals surface area contributed by atoms with Gasteiger partial charge in [0.05, 0.1) is 6.07 Å². The van der Waals surface area contributed by atoms with Crippen molar-refractivity contribution in [1.29, 1.82) is 0 Å². The van der Waals surface area contributed by atoms with E-state index in [0.717, 1.165) is 0 Å². The average Bonchev–Trinajstić information content (AvgIpc) is 2.34. The zero-order valence-electron chi connectivity index (χ0n) is 5.03. The molecule has 1 rings (SSSR count). The van der Waals surface area contributed by atoms with Crippen molar-refractivity contribution in [3.05, 3.63) is 40.7 Å². The van der Waals surface area contributed by atoms with Gasteiger partial charge in [-0.05, 0) is 6.07 Å². The fraction of sp³-hybridized carbons (Fsp3) is 0. The quantitative estimate of drug-likeness (QED) is 0.460. The molecule has 0 aliphatic rings.